The SMILES string of the molecule is Cc1c(Cl)cnn1CC(=O)Nc1c(C(N)=O)sc2nc(C(F)(F)F)cc(-c3ccccc3)c12. The van der Waals surface area contributed by atoms with E-state index in [0.29, 0.717) is 27.6 Å². The van der Waals surface area contributed by atoms with Crippen molar-refractivity contribution in [1.29, 1.82) is 0 Å². The summed E-state index contributed by atoms with van der Waals surface area (Å²) in [7, 11) is 0. The first-order valence-corrected chi connectivity index (χ1v) is 10.6. The van der Waals surface area contributed by atoms with Gasteiger partial charge in [-0.15, -0.1) is 11.3 Å². The summed E-state index contributed by atoms with van der Waals surface area (Å²) in [5.41, 5.74) is 5.53. The van der Waals surface area contributed by atoms with Crippen LogP contribution in [0.2, 0.25) is 5.02 Å². The summed E-state index contributed by atoms with van der Waals surface area (Å²) in [6.45, 7) is 1.44. The van der Waals surface area contributed by atoms with E-state index in [2.05, 4.69) is 15.4 Å². The predicted molar refractivity (Wildman–Crippen MR) is 119 cm³/mol. The zero-order chi connectivity index (χ0) is 23.9. The number of primary amides is 1. The van der Waals surface area contributed by atoms with Gasteiger partial charge in [-0.2, -0.15) is 18.3 Å². The van der Waals surface area contributed by atoms with E-state index in [9.17, 15) is 22.8 Å². The molecule has 1 aromatic carbocycles. The van der Waals surface area contributed by atoms with Crippen molar-refractivity contribution in [3.05, 3.63) is 63.9 Å². The van der Waals surface area contributed by atoms with Crippen LogP contribution in [-0.4, -0.2) is 26.6 Å². The largest absolute Gasteiger partial charge is 0.433 e. The fourth-order valence-electron chi connectivity index (χ4n) is 3.28. The fraction of sp³-hybridized carbons (Fsp3) is 0.143. The standard InChI is InChI=1S/C21H15ClF3N5O2S/c1-10-13(22)8-27-30(10)9-15(31)29-17-16-12(11-5-3-2-4-6-11)7-14(21(23,24)25)28-20(16)33-18(17)19(26)32/h2-8H,9H2,1H3,(H2,26,32)(H,29,31). The molecule has 0 bridgehead atoms. The van der Waals surface area contributed by atoms with Crippen molar-refractivity contribution in [3.63, 3.8) is 0 Å². The Hall–Kier alpha value is -3.44. The van der Waals surface area contributed by atoms with E-state index in [4.69, 9.17) is 17.3 Å². The van der Waals surface area contributed by atoms with Gasteiger partial charge in [-0.05, 0) is 24.1 Å². The van der Waals surface area contributed by atoms with Gasteiger partial charge < -0.3 is 11.1 Å². The van der Waals surface area contributed by atoms with Crippen LogP contribution in [0.25, 0.3) is 21.3 Å². The maximum atomic E-state index is 13.5. The molecular weight excluding hydrogens is 479 g/mol. The number of benzene rings is 1. The molecule has 3 aromatic heterocycles. The number of amides is 2. The summed E-state index contributed by atoms with van der Waals surface area (Å²) in [4.78, 5) is 28.4. The lowest BCUT2D eigenvalue weighted by atomic mass is 10.0. The second-order valence-corrected chi connectivity index (χ2v) is 8.46. The van der Waals surface area contributed by atoms with Crippen LogP contribution in [0.3, 0.4) is 0 Å². The second kappa shape index (κ2) is 8.49. The molecule has 4 rings (SSSR count). The Morgan fingerprint density at radius 2 is 1.94 bits per heavy atom. The van der Waals surface area contributed by atoms with Crippen molar-refractivity contribution in [2.24, 2.45) is 5.73 Å². The first-order valence-electron chi connectivity index (χ1n) is 9.44. The average molecular weight is 494 g/mol. The van der Waals surface area contributed by atoms with E-state index in [-0.39, 0.29) is 32.9 Å². The van der Waals surface area contributed by atoms with Gasteiger partial charge in [-0.1, -0.05) is 41.9 Å². The quantitative estimate of drug-likeness (QED) is 0.413. The number of anilines is 1. The minimum atomic E-state index is -4.71. The third kappa shape index (κ3) is 4.41. The number of hydrogen-bond donors (Lipinski definition) is 2. The highest BCUT2D eigenvalue weighted by atomic mass is 35.5. The Bertz CT molecular complexity index is 1380. The minimum Gasteiger partial charge on any atom is -0.365 e. The number of carbonyl (C=O) groups is 2. The molecule has 170 valence electrons. The molecule has 2 amide bonds. The number of carbonyl (C=O) groups excluding carboxylic acids is 2. The number of thiophene rings is 1. The van der Waals surface area contributed by atoms with Gasteiger partial charge in [0, 0.05) is 5.39 Å². The molecule has 0 spiro atoms. The summed E-state index contributed by atoms with van der Waals surface area (Å²) >= 11 is 6.65. The number of halogens is 4. The summed E-state index contributed by atoms with van der Waals surface area (Å²) in [6, 6.07) is 9.18. The van der Waals surface area contributed by atoms with Gasteiger partial charge in [0.25, 0.3) is 5.91 Å². The van der Waals surface area contributed by atoms with Crippen LogP contribution in [0.1, 0.15) is 21.1 Å². The van der Waals surface area contributed by atoms with Gasteiger partial charge >= 0.3 is 6.18 Å². The molecule has 7 nitrogen and oxygen atoms in total. The molecule has 0 unspecified atom stereocenters. The Morgan fingerprint density at radius 3 is 2.52 bits per heavy atom. The topological polar surface area (TPSA) is 103 Å². The third-order valence-corrected chi connectivity index (χ3v) is 6.33. The summed E-state index contributed by atoms with van der Waals surface area (Å²) < 4.78 is 41.9. The lowest BCUT2D eigenvalue weighted by molar-refractivity contribution is -0.140. The molecular formula is C21H15ClF3N5O2S. The molecule has 0 saturated carbocycles. The van der Waals surface area contributed by atoms with Crippen LogP contribution >= 0.6 is 22.9 Å². The van der Waals surface area contributed by atoms with Crippen LogP contribution in [-0.2, 0) is 17.5 Å². The average Bonchev–Trinajstić information content (AvgIpc) is 3.28. The van der Waals surface area contributed by atoms with Gasteiger partial charge in [0.05, 0.1) is 22.6 Å². The Labute approximate surface area is 194 Å². The molecule has 3 heterocycles. The monoisotopic (exact) mass is 493 g/mol. The molecule has 0 fully saturated rings. The molecule has 0 saturated heterocycles. The first-order chi connectivity index (χ1) is 15.6. The number of alkyl halides is 3. The Kier molecular flexibility index (Phi) is 5.85. The highest BCUT2D eigenvalue weighted by molar-refractivity contribution is 7.21. The summed E-state index contributed by atoms with van der Waals surface area (Å²) in [6.07, 6.45) is -3.33. The van der Waals surface area contributed by atoms with Gasteiger partial charge in [0.15, 0.2) is 0 Å². The normalized spacial score (nSPS) is 11.7. The van der Waals surface area contributed by atoms with E-state index >= 15 is 0 Å². The molecule has 0 aliphatic carbocycles. The molecule has 4 aromatic rings. The number of nitrogens with two attached hydrogens (primary N) is 1. The number of nitrogens with one attached hydrogen (secondary N) is 1. The molecule has 0 atom stereocenters. The number of hydrogen-bond acceptors (Lipinski definition) is 5. The number of pyridine rings is 1. The van der Waals surface area contributed by atoms with Crippen molar-refractivity contribution in [2.75, 3.05) is 5.32 Å². The third-order valence-electron chi connectivity index (χ3n) is 4.86. The summed E-state index contributed by atoms with van der Waals surface area (Å²) in [5.74, 6) is -1.47. The van der Waals surface area contributed by atoms with Gasteiger partial charge in [0.1, 0.15) is 21.9 Å². The van der Waals surface area contributed by atoms with Crippen LogP contribution in [0.15, 0.2) is 42.6 Å². The lowest BCUT2D eigenvalue weighted by Gasteiger charge is -2.12. The summed E-state index contributed by atoms with van der Waals surface area (Å²) in [5, 5.41) is 7.18. The van der Waals surface area contributed by atoms with E-state index in [1.807, 2.05) is 0 Å². The predicted octanol–water partition coefficient (Wildman–Crippen LogP) is 4.88. The Morgan fingerprint density at radius 1 is 1.24 bits per heavy atom. The highest BCUT2D eigenvalue weighted by Crippen LogP contribution is 2.43. The molecule has 3 N–H and O–H groups in total. The van der Waals surface area contributed by atoms with E-state index in [1.54, 1.807) is 37.3 Å². The number of rotatable bonds is 5. The molecule has 0 aliphatic rings. The Balaban J connectivity index is 1.89. The van der Waals surface area contributed by atoms with Gasteiger partial charge in [-0.3, -0.25) is 14.3 Å². The van der Waals surface area contributed by atoms with Crippen molar-refractivity contribution < 1.29 is 22.8 Å². The lowest BCUT2D eigenvalue weighted by Crippen LogP contribution is -2.22. The van der Waals surface area contributed by atoms with Crippen LogP contribution in [0.5, 0.6) is 0 Å². The number of nitrogens with zero attached hydrogens (tertiary/aromatic N) is 3. The molecule has 33 heavy (non-hydrogen) atoms. The zero-order valence-corrected chi connectivity index (χ0v) is 18.5. The molecule has 0 radical (unpaired) electrons. The fourth-order valence-corrected chi connectivity index (χ4v) is 4.43. The maximum Gasteiger partial charge on any atom is 0.433 e. The van der Waals surface area contributed by atoms with Crippen molar-refractivity contribution in [2.45, 2.75) is 19.6 Å². The van der Waals surface area contributed by atoms with Crippen molar-refractivity contribution >= 4 is 50.7 Å². The highest BCUT2D eigenvalue weighted by Gasteiger charge is 2.35. The van der Waals surface area contributed by atoms with Gasteiger partial charge in [-0.25, -0.2) is 4.98 Å². The van der Waals surface area contributed by atoms with Crippen molar-refractivity contribution in [3.8, 4) is 11.1 Å². The first kappa shape index (κ1) is 22.7. The maximum absolute atomic E-state index is 13.5. The molecule has 0 aliphatic heterocycles. The van der Waals surface area contributed by atoms with Gasteiger partial charge in [0.2, 0.25) is 5.91 Å². The minimum absolute atomic E-state index is 0.00323. The second-order valence-electron chi connectivity index (χ2n) is 7.05. The van der Waals surface area contributed by atoms with Crippen LogP contribution < -0.4 is 11.1 Å². The number of fused-ring (bicyclic) bond motifs is 1. The molecule has 12 heteroatoms. The van der Waals surface area contributed by atoms with Crippen LogP contribution in [0.4, 0.5) is 18.9 Å². The van der Waals surface area contributed by atoms with E-state index in [0.717, 1.165) is 6.07 Å². The zero-order valence-electron chi connectivity index (χ0n) is 16.9. The van der Waals surface area contributed by atoms with E-state index in [1.165, 1.54) is 10.9 Å². The van der Waals surface area contributed by atoms with Crippen LogP contribution in [0, 0.1) is 6.92 Å². The number of aromatic nitrogens is 3. The van der Waals surface area contributed by atoms with E-state index < -0.39 is 23.7 Å². The van der Waals surface area contributed by atoms with Crippen molar-refractivity contribution in [1.82, 2.24) is 14.8 Å². The smallest absolute Gasteiger partial charge is 0.365 e.